The van der Waals surface area contributed by atoms with Crippen molar-refractivity contribution in [2.75, 3.05) is 26.3 Å². The molecule has 0 aliphatic heterocycles. The molecule has 0 aromatic heterocycles. The molecular formula is C13H20F2N2O3S. The van der Waals surface area contributed by atoms with Gasteiger partial charge < -0.3 is 10.5 Å². The molecule has 5 nitrogen and oxygen atoms in total. The second-order valence-corrected chi connectivity index (χ2v) is 6.19. The molecule has 0 saturated heterocycles. The van der Waals surface area contributed by atoms with Crippen molar-refractivity contribution in [2.24, 2.45) is 5.73 Å². The second kappa shape index (κ2) is 7.79. The van der Waals surface area contributed by atoms with Gasteiger partial charge in [-0.25, -0.2) is 17.2 Å². The van der Waals surface area contributed by atoms with E-state index in [9.17, 15) is 17.2 Å². The Morgan fingerprint density at radius 3 is 2.48 bits per heavy atom. The second-order valence-electron chi connectivity index (χ2n) is 4.29. The SMILES string of the molecule is CCOCCN(CC)S(=O)(=O)c1cc(CN)cc(F)c1F. The van der Waals surface area contributed by atoms with E-state index in [2.05, 4.69) is 0 Å². The zero-order chi connectivity index (χ0) is 16.0. The number of likely N-dealkylation sites (N-methyl/N-ethyl adjacent to an activating group) is 1. The van der Waals surface area contributed by atoms with Crippen LogP contribution in [-0.4, -0.2) is 39.0 Å². The summed E-state index contributed by atoms with van der Waals surface area (Å²) >= 11 is 0. The summed E-state index contributed by atoms with van der Waals surface area (Å²) in [5.74, 6) is -2.61. The Kier molecular flexibility index (Phi) is 6.66. The summed E-state index contributed by atoms with van der Waals surface area (Å²) in [5, 5.41) is 0. The van der Waals surface area contributed by atoms with E-state index in [-0.39, 0.29) is 31.8 Å². The molecule has 1 aromatic carbocycles. The van der Waals surface area contributed by atoms with Crippen LogP contribution in [0.3, 0.4) is 0 Å². The molecule has 1 rings (SSSR count). The number of rotatable bonds is 8. The van der Waals surface area contributed by atoms with Crippen molar-refractivity contribution in [2.45, 2.75) is 25.3 Å². The molecule has 0 aliphatic rings. The number of benzene rings is 1. The molecule has 0 spiro atoms. The van der Waals surface area contributed by atoms with Gasteiger partial charge in [-0.1, -0.05) is 6.92 Å². The minimum Gasteiger partial charge on any atom is -0.380 e. The molecule has 1 aromatic rings. The highest BCUT2D eigenvalue weighted by molar-refractivity contribution is 7.89. The summed E-state index contributed by atoms with van der Waals surface area (Å²) in [5.41, 5.74) is 5.59. The van der Waals surface area contributed by atoms with Gasteiger partial charge >= 0.3 is 0 Å². The van der Waals surface area contributed by atoms with Crippen molar-refractivity contribution in [1.29, 1.82) is 0 Å². The minimum absolute atomic E-state index is 0.0700. The van der Waals surface area contributed by atoms with Crippen molar-refractivity contribution in [3.8, 4) is 0 Å². The Labute approximate surface area is 123 Å². The predicted octanol–water partition coefficient (Wildman–Crippen LogP) is 1.47. The van der Waals surface area contributed by atoms with Crippen LogP contribution < -0.4 is 5.73 Å². The van der Waals surface area contributed by atoms with Crippen LogP contribution in [0.2, 0.25) is 0 Å². The number of sulfonamides is 1. The molecule has 0 saturated carbocycles. The molecule has 0 bridgehead atoms. The minimum atomic E-state index is -4.13. The summed E-state index contributed by atoms with van der Waals surface area (Å²) in [6, 6.07) is 1.96. The Morgan fingerprint density at radius 1 is 1.29 bits per heavy atom. The van der Waals surface area contributed by atoms with Crippen molar-refractivity contribution in [3.05, 3.63) is 29.3 Å². The Hall–Kier alpha value is -1.09. The van der Waals surface area contributed by atoms with Gasteiger partial charge in [0.05, 0.1) is 6.61 Å². The van der Waals surface area contributed by atoms with Gasteiger partial charge in [0.1, 0.15) is 4.90 Å². The van der Waals surface area contributed by atoms with E-state index in [0.29, 0.717) is 6.61 Å². The number of nitrogens with zero attached hydrogens (tertiary/aromatic N) is 1. The molecular weight excluding hydrogens is 302 g/mol. The normalized spacial score (nSPS) is 12.1. The smallest absolute Gasteiger partial charge is 0.246 e. The van der Waals surface area contributed by atoms with Crippen molar-refractivity contribution in [3.63, 3.8) is 0 Å². The van der Waals surface area contributed by atoms with E-state index in [4.69, 9.17) is 10.5 Å². The highest BCUT2D eigenvalue weighted by Gasteiger charge is 2.28. The number of hydrogen-bond donors (Lipinski definition) is 1. The fourth-order valence-electron chi connectivity index (χ4n) is 1.82. The number of halogens is 2. The zero-order valence-corrected chi connectivity index (χ0v) is 12.9. The molecule has 0 amide bonds. The van der Waals surface area contributed by atoms with Gasteiger partial charge in [0.25, 0.3) is 0 Å². The van der Waals surface area contributed by atoms with E-state index >= 15 is 0 Å². The lowest BCUT2D eigenvalue weighted by Crippen LogP contribution is -2.34. The van der Waals surface area contributed by atoms with Crippen molar-refractivity contribution < 1.29 is 21.9 Å². The Morgan fingerprint density at radius 2 is 1.95 bits per heavy atom. The Balaban J connectivity index is 3.19. The molecule has 0 aliphatic carbocycles. The first-order valence-electron chi connectivity index (χ1n) is 6.64. The van der Waals surface area contributed by atoms with Crippen LogP contribution >= 0.6 is 0 Å². The first kappa shape index (κ1) is 18.0. The number of hydrogen-bond acceptors (Lipinski definition) is 4. The third-order valence-electron chi connectivity index (χ3n) is 2.95. The van der Waals surface area contributed by atoms with Gasteiger partial charge in [-0.15, -0.1) is 0 Å². The van der Waals surface area contributed by atoms with Gasteiger partial charge in [0, 0.05) is 26.2 Å². The van der Waals surface area contributed by atoms with Gasteiger partial charge in [0.2, 0.25) is 10.0 Å². The van der Waals surface area contributed by atoms with Crippen LogP contribution in [0.5, 0.6) is 0 Å². The summed E-state index contributed by atoms with van der Waals surface area (Å²) in [4.78, 5) is -0.693. The molecule has 0 unspecified atom stereocenters. The van der Waals surface area contributed by atoms with E-state index < -0.39 is 26.6 Å². The van der Waals surface area contributed by atoms with Crippen LogP contribution in [-0.2, 0) is 21.3 Å². The van der Waals surface area contributed by atoms with E-state index in [1.54, 1.807) is 13.8 Å². The van der Waals surface area contributed by atoms with Crippen molar-refractivity contribution in [1.82, 2.24) is 4.31 Å². The molecule has 8 heteroatoms. The lowest BCUT2D eigenvalue weighted by Gasteiger charge is -2.21. The molecule has 2 N–H and O–H groups in total. The summed E-state index contributed by atoms with van der Waals surface area (Å²) in [7, 11) is -4.13. The fourth-order valence-corrected chi connectivity index (χ4v) is 3.38. The maximum atomic E-state index is 13.8. The molecule has 0 atom stereocenters. The average Bonchev–Trinajstić information content (AvgIpc) is 2.45. The third kappa shape index (κ3) is 4.19. The van der Waals surface area contributed by atoms with Crippen LogP contribution in [0.25, 0.3) is 0 Å². The van der Waals surface area contributed by atoms with Gasteiger partial charge in [-0.05, 0) is 24.6 Å². The quantitative estimate of drug-likeness (QED) is 0.736. The first-order chi connectivity index (χ1) is 9.88. The highest BCUT2D eigenvalue weighted by Crippen LogP contribution is 2.23. The molecule has 0 heterocycles. The van der Waals surface area contributed by atoms with Crippen molar-refractivity contribution >= 4 is 10.0 Å². The topological polar surface area (TPSA) is 72.6 Å². The molecule has 120 valence electrons. The van der Waals surface area contributed by atoms with E-state index in [1.807, 2.05) is 0 Å². The molecule has 21 heavy (non-hydrogen) atoms. The lowest BCUT2D eigenvalue weighted by molar-refractivity contribution is 0.135. The lowest BCUT2D eigenvalue weighted by atomic mass is 10.2. The largest absolute Gasteiger partial charge is 0.380 e. The van der Waals surface area contributed by atoms with E-state index in [1.165, 1.54) is 0 Å². The average molecular weight is 322 g/mol. The number of nitrogens with two attached hydrogens (primary N) is 1. The monoisotopic (exact) mass is 322 g/mol. The van der Waals surface area contributed by atoms with Crippen LogP contribution in [0.4, 0.5) is 8.78 Å². The molecule has 0 fully saturated rings. The maximum Gasteiger partial charge on any atom is 0.246 e. The summed E-state index contributed by atoms with van der Waals surface area (Å²) < 4.78 is 58.3. The van der Waals surface area contributed by atoms with Gasteiger partial charge in [-0.3, -0.25) is 0 Å². The third-order valence-corrected chi connectivity index (χ3v) is 4.92. The maximum absolute atomic E-state index is 13.8. The van der Waals surface area contributed by atoms with Gasteiger partial charge in [-0.2, -0.15) is 4.31 Å². The van der Waals surface area contributed by atoms with E-state index in [0.717, 1.165) is 16.4 Å². The first-order valence-corrected chi connectivity index (χ1v) is 8.08. The zero-order valence-electron chi connectivity index (χ0n) is 12.1. The highest BCUT2D eigenvalue weighted by atomic mass is 32.2. The van der Waals surface area contributed by atoms with Gasteiger partial charge in [0.15, 0.2) is 11.6 Å². The standard InChI is InChI=1S/C13H20F2N2O3S/c1-3-17(5-6-20-4-2)21(18,19)12-8-10(9-16)7-11(14)13(12)15/h7-8H,3-6,9,16H2,1-2H3. The van der Waals surface area contributed by atoms with Crippen LogP contribution in [0.15, 0.2) is 17.0 Å². The van der Waals surface area contributed by atoms with Crippen LogP contribution in [0, 0.1) is 11.6 Å². The fraction of sp³-hybridized carbons (Fsp3) is 0.538. The van der Waals surface area contributed by atoms with Crippen LogP contribution in [0.1, 0.15) is 19.4 Å². The predicted molar refractivity (Wildman–Crippen MR) is 75.2 cm³/mol. The number of ether oxygens (including phenoxy) is 1. The summed E-state index contributed by atoms with van der Waals surface area (Å²) in [6.45, 7) is 4.15. The Bertz CT molecular complexity index is 579. The molecule has 0 radical (unpaired) electrons. The summed E-state index contributed by atoms with van der Waals surface area (Å²) in [6.07, 6.45) is 0.